The van der Waals surface area contributed by atoms with Crippen LogP contribution in [0.2, 0.25) is 0 Å². The van der Waals surface area contributed by atoms with Crippen molar-refractivity contribution in [2.24, 2.45) is 11.1 Å². The summed E-state index contributed by atoms with van der Waals surface area (Å²) in [5, 5.41) is 0. The van der Waals surface area contributed by atoms with E-state index in [0.29, 0.717) is 24.5 Å². The van der Waals surface area contributed by atoms with Crippen LogP contribution in [0.15, 0.2) is 4.90 Å². The van der Waals surface area contributed by atoms with Crippen molar-refractivity contribution in [3.8, 4) is 0 Å². The Bertz CT molecular complexity index is 681. The average molecular weight is 324 g/mol. The number of benzene rings is 1. The minimum Gasteiger partial charge on any atom is -0.330 e. The maximum atomic E-state index is 13.2. The van der Waals surface area contributed by atoms with Gasteiger partial charge in [0.1, 0.15) is 0 Å². The molecule has 1 unspecified atom stereocenters. The van der Waals surface area contributed by atoms with Crippen LogP contribution in [0.3, 0.4) is 0 Å². The Hall–Kier alpha value is -0.910. The molecule has 0 spiro atoms. The lowest BCUT2D eigenvalue weighted by Gasteiger charge is -2.25. The molecule has 1 aliphatic rings. The van der Waals surface area contributed by atoms with Gasteiger partial charge in [-0.15, -0.1) is 0 Å². The molecule has 0 saturated carbocycles. The zero-order valence-corrected chi connectivity index (χ0v) is 15.4. The molecule has 1 heterocycles. The van der Waals surface area contributed by atoms with E-state index in [0.717, 1.165) is 28.7 Å². The third kappa shape index (κ3) is 2.59. The van der Waals surface area contributed by atoms with Crippen LogP contribution in [0.25, 0.3) is 0 Å². The van der Waals surface area contributed by atoms with Crippen LogP contribution >= 0.6 is 0 Å². The number of nitrogens with two attached hydrogens (primary N) is 1. The summed E-state index contributed by atoms with van der Waals surface area (Å²) >= 11 is 0. The maximum Gasteiger partial charge on any atom is 0.243 e. The van der Waals surface area contributed by atoms with Crippen molar-refractivity contribution in [1.82, 2.24) is 4.31 Å². The number of rotatable bonds is 3. The van der Waals surface area contributed by atoms with Crippen molar-refractivity contribution in [2.45, 2.75) is 52.9 Å². The molecule has 2 N–H and O–H groups in total. The summed E-state index contributed by atoms with van der Waals surface area (Å²) in [5.41, 5.74) is 10.8. The predicted molar refractivity (Wildman–Crippen MR) is 90.7 cm³/mol. The van der Waals surface area contributed by atoms with Gasteiger partial charge < -0.3 is 5.73 Å². The lowest BCUT2D eigenvalue weighted by molar-refractivity contribution is 0.349. The largest absolute Gasteiger partial charge is 0.330 e. The monoisotopic (exact) mass is 324 g/mol. The molecule has 1 fully saturated rings. The van der Waals surface area contributed by atoms with Crippen LogP contribution in [0, 0.1) is 40.0 Å². The van der Waals surface area contributed by atoms with Crippen LogP contribution in [0.5, 0.6) is 0 Å². The highest BCUT2D eigenvalue weighted by molar-refractivity contribution is 7.89. The molecule has 0 amide bonds. The van der Waals surface area contributed by atoms with Crippen LogP contribution < -0.4 is 5.73 Å². The van der Waals surface area contributed by atoms with Crippen molar-refractivity contribution in [2.75, 3.05) is 19.6 Å². The molecule has 0 radical (unpaired) electrons. The summed E-state index contributed by atoms with van der Waals surface area (Å²) in [6.07, 6.45) is 0.824. The molecule has 0 aromatic heterocycles. The predicted octanol–water partition coefficient (Wildman–Crippen LogP) is 2.59. The quantitative estimate of drug-likeness (QED) is 0.929. The first-order valence-electron chi connectivity index (χ1n) is 7.82. The van der Waals surface area contributed by atoms with Gasteiger partial charge in [0.25, 0.3) is 0 Å². The topological polar surface area (TPSA) is 63.4 Å². The lowest BCUT2D eigenvalue weighted by Crippen LogP contribution is -2.35. The van der Waals surface area contributed by atoms with E-state index in [9.17, 15) is 8.42 Å². The van der Waals surface area contributed by atoms with Gasteiger partial charge >= 0.3 is 0 Å². The maximum absolute atomic E-state index is 13.2. The fourth-order valence-electron chi connectivity index (χ4n) is 3.33. The second-order valence-corrected chi connectivity index (χ2v) is 8.93. The smallest absolute Gasteiger partial charge is 0.243 e. The van der Waals surface area contributed by atoms with Crippen LogP contribution in [-0.4, -0.2) is 32.4 Å². The van der Waals surface area contributed by atoms with E-state index in [2.05, 4.69) is 13.8 Å². The van der Waals surface area contributed by atoms with Gasteiger partial charge in [0.2, 0.25) is 10.0 Å². The summed E-state index contributed by atoms with van der Waals surface area (Å²) in [5.74, 6) is 0. The highest BCUT2D eigenvalue weighted by atomic mass is 32.2. The highest BCUT2D eigenvalue weighted by Gasteiger charge is 2.40. The number of hydrogen-bond acceptors (Lipinski definition) is 3. The van der Waals surface area contributed by atoms with E-state index in [4.69, 9.17) is 5.73 Å². The number of sulfonamides is 1. The Morgan fingerprint density at radius 3 is 1.86 bits per heavy atom. The van der Waals surface area contributed by atoms with Crippen LogP contribution in [0.1, 0.15) is 41.2 Å². The van der Waals surface area contributed by atoms with Crippen molar-refractivity contribution in [1.29, 1.82) is 0 Å². The summed E-state index contributed by atoms with van der Waals surface area (Å²) in [6.45, 7) is 13.5. The van der Waals surface area contributed by atoms with Crippen LogP contribution in [0.4, 0.5) is 0 Å². The molecule has 4 nitrogen and oxygen atoms in total. The average Bonchev–Trinajstić information content (AvgIpc) is 2.87. The molecule has 1 saturated heterocycles. The SMILES string of the molecule is Cc1c(C)c(C)c(S(=O)(=O)N2CCC(C)(CN)C2)c(C)c1C. The van der Waals surface area contributed by atoms with Gasteiger partial charge in [0, 0.05) is 13.1 Å². The Morgan fingerprint density at radius 2 is 1.45 bits per heavy atom. The van der Waals surface area contributed by atoms with Crippen molar-refractivity contribution in [3.05, 3.63) is 27.8 Å². The van der Waals surface area contributed by atoms with E-state index in [1.165, 1.54) is 5.56 Å². The number of nitrogens with zero attached hydrogens (tertiary/aromatic N) is 1. The molecule has 2 rings (SSSR count). The Balaban J connectivity index is 2.57. The second kappa shape index (κ2) is 5.62. The molecule has 124 valence electrons. The molecule has 1 aliphatic heterocycles. The number of hydrogen-bond donors (Lipinski definition) is 1. The molecule has 0 bridgehead atoms. The van der Waals surface area contributed by atoms with E-state index in [1.807, 2.05) is 27.7 Å². The molecule has 1 aromatic rings. The highest BCUT2D eigenvalue weighted by Crippen LogP contribution is 2.36. The van der Waals surface area contributed by atoms with E-state index in [-0.39, 0.29) is 5.41 Å². The van der Waals surface area contributed by atoms with Gasteiger partial charge in [-0.2, -0.15) is 4.31 Å². The van der Waals surface area contributed by atoms with Gasteiger partial charge in [0.05, 0.1) is 4.90 Å². The fraction of sp³-hybridized carbons (Fsp3) is 0.647. The summed E-state index contributed by atoms with van der Waals surface area (Å²) in [4.78, 5) is 0.495. The molecule has 1 atom stereocenters. The first kappa shape index (κ1) is 17.4. The third-order valence-electron chi connectivity index (χ3n) is 5.54. The minimum absolute atomic E-state index is 0.107. The minimum atomic E-state index is -3.47. The zero-order chi connectivity index (χ0) is 16.9. The van der Waals surface area contributed by atoms with Gasteiger partial charge in [-0.1, -0.05) is 6.92 Å². The molecule has 0 aliphatic carbocycles. The van der Waals surface area contributed by atoms with E-state index < -0.39 is 10.0 Å². The van der Waals surface area contributed by atoms with E-state index >= 15 is 0 Å². The molecular weight excluding hydrogens is 296 g/mol. The van der Waals surface area contributed by atoms with Crippen molar-refractivity contribution < 1.29 is 8.42 Å². The second-order valence-electron chi connectivity index (χ2n) is 7.06. The van der Waals surface area contributed by atoms with Crippen LogP contribution in [-0.2, 0) is 10.0 Å². The van der Waals surface area contributed by atoms with E-state index in [1.54, 1.807) is 4.31 Å². The Morgan fingerprint density at radius 1 is 1.00 bits per heavy atom. The first-order chi connectivity index (χ1) is 10.0. The van der Waals surface area contributed by atoms with Gasteiger partial charge in [-0.3, -0.25) is 0 Å². The summed E-state index contributed by atoms with van der Waals surface area (Å²) < 4.78 is 28.0. The summed E-state index contributed by atoms with van der Waals surface area (Å²) in [6, 6.07) is 0. The van der Waals surface area contributed by atoms with Gasteiger partial charge in [-0.25, -0.2) is 8.42 Å². The van der Waals surface area contributed by atoms with Crippen molar-refractivity contribution >= 4 is 10.0 Å². The first-order valence-corrected chi connectivity index (χ1v) is 9.26. The lowest BCUT2D eigenvalue weighted by atomic mass is 9.90. The Labute approximate surface area is 134 Å². The Kier molecular flexibility index (Phi) is 4.46. The zero-order valence-electron chi connectivity index (χ0n) is 14.6. The fourth-order valence-corrected chi connectivity index (χ4v) is 5.48. The van der Waals surface area contributed by atoms with Gasteiger partial charge in [-0.05, 0) is 80.8 Å². The standard InChI is InChI=1S/C17H28N2O2S/c1-11-12(2)14(4)16(15(5)13(11)3)22(20,21)19-8-7-17(6,9-18)10-19/h7-10,18H2,1-6H3. The van der Waals surface area contributed by atoms with Gasteiger partial charge in [0.15, 0.2) is 0 Å². The molecule has 5 heteroatoms. The van der Waals surface area contributed by atoms with Crippen molar-refractivity contribution in [3.63, 3.8) is 0 Å². The summed E-state index contributed by atoms with van der Waals surface area (Å²) in [7, 11) is -3.47. The molecule has 22 heavy (non-hydrogen) atoms. The molecular formula is C17H28N2O2S. The normalized spacial score (nSPS) is 23.2. The molecule has 1 aromatic carbocycles. The third-order valence-corrected chi connectivity index (χ3v) is 7.66.